The molecular formula is C13H18ClN3O. The number of hydrogen-bond donors (Lipinski definition) is 2. The van der Waals surface area contributed by atoms with Crippen molar-refractivity contribution in [3.05, 3.63) is 23.2 Å². The van der Waals surface area contributed by atoms with Gasteiger partial charge in [-0.25, -0.2) is 0 Å². The van der Waals surface area contributed by atoms with Crippen LogP contribution in [0, 0.1) is 0 Å². The number of halogens is 1. The molecule has 1 heterocycles. The van der Waals surface area contributed by atoms with Gasteiger partial charge < -0.3 is 11.1 Å². The van der Waals surface area contributed by atoms with Gasteiger partial charge in [0.1, 0.15) is 0 Å². The van der Waals surface area contributed by atoms with Crippen molar-refractivity contribution in [3.63, 3.8) is 0 Å². The summed E-state index contributed by atoms with van der Waals surface area (Å²) >= 11 is 5.83. The third kappa shape index (κ3) is 3.62. The Balaban J connectivity index is 1.88. The molecule has 2 rings (SSSR count). The fraction of sp³-hybridized carbons (Fsp3) is 0.462. The number of piperidine rings is 1. The van der Waals surface area contributed by atoms with E-state index >= 15 is 0 Å². The number of rotatable bonds is 3. The standard InChI is InChI=1S/C13H18ClN3O/c14-11-5-4-10(8-12(11)15)16-13(18)9-17-6-2-1-3-7-17/h4-5,8H,1-3,6-7,9,15H2,(H,16,18). The number of nitrogens with two attached hydrogens (primary N) is 1. The Morgan fingerprint density at radius 3 is 2.72 bits per heavy atom. The number of anilines is 2. The van der Waals surface area contributed by atoms with Crippen LogP contribution in [-0.2, 0) is 4.79 Å². The van der Waals surface area contributed by atoms with E-state index in [1.165, 1.54) is 19.3 Å². The molecule has 3 N–H and O–H groups in total. The Morgan fingerprint density at radius 1 is 1.33 bits per heavy atom. The van der Waals surface area contributed by atoms with Crippen molar-refractivity contribution in [1.29, 1.82) is 0 Å². The lowest BCUT2D eigenvalue weighted by atomic mass is 10.1. The van der Waals surface area contributed by atoms with Crippen molar-refractivity contribution in [2.45, 2.75) is 19.3 Å². The van der Waals surface area contributed by atoms with Crippen molar-refractivity contribution in [3.8, 4) is 0 Å². The highest BCUT2D eigenvalue weighted by atomic mass is 35.5. The number of amides is 1. The highest BCUT2D eigenvalue weighted by Crippen LogP contribution is 2.22. The van der Waals surface area contributed by atoms with Crippen molar-refractivity contribution in [1.82, 2.24) is 4.90 Å². The van der Waals surface area contributed by atoms with E-state index in [9.17, 15) is 4.79 Å². The lowest BCUT2D eigenvalue weighted by Crippen LogP contribution is -2.36. The molecule has 1 aromatic carbocycles. The molecule has 0 saturated carbocycles. The van der Waals surface area contributed by atoms with Gasteiger partial charge in [0.25, 0.3) is 0 Å². The quantitative estimate of drug-likeness (QED) is 0.827. The third-order valence-electron chi connectivity index (χ3n) is 3.10. The molecule has 0 unspecified atom stereocenters. The molecule has 1 amide bonds. The van der Waals surface area contributed by atoms with Crippen LogP contribution in [0.5, 0.6) is 0 Å². The predicted molar refractivity (Wildman–Crippen MR) is 74.8 cm³/mol. The number of carbonyl (C=O) groups is 1. The van der Waals surface area contributed by atoms with E-state index in [0.717, 1.165) is 13.1 Å². The molecule has 1 saturated heterocycles. The highest BCUT2D eigenvalue weighted by Gasteiger charge is 2.13. The summed E-state index contributed by atoms with van der Waals surface area (Å²) in [6.07, 6.45) is 3.63. The number of benzene rings is 1. The summed E-state index contributed by atoms with van der Waals surface area (Å²) in [5, 5.41) is 3.34. The maximum absolute atomic E-state index is 11.9. The van der Waals surface area contributed by atoms with E-state index in [0.29, 0.717) is 22.9 Å². The Labute approximate surface area is 112 Å². The first-order chi connectivity index (χ1) is 8.65. The molecule has 5 heteroatoms. The predicted octanol–water partition coefficient (Wildman–Crippen LogP) is 2.35. The third-order valence-corrected chi connectivity index (χ3v) is 3.44. The van der Waals surface area contributed by atoms with Crippen molar-refractivity contribution >= 4 is 28.9 Å². The number of likely N-dealkylation sites (tertiary alicyclic amines) is 1. The van der Waals surface area contributed by atoms with Crippen molar-refractivity contribution in [2.24, 2.45) is 0 Å². The van der Waals surface area contributed by atoms with E-state index in [1.54, 1.807) is 18.2 Å². The van der Waals surface area contributed by atoms with Crippen LogP contribution in [0.3, 0.4) is 0 Å². The van der Waals surface area contributed by atoms with Crippen LogP contribution < -0.4 is 11.1 Å². The van der Waals surface area contributed by atoms with Gasteiger partial charge >= 0.3 is 0 Å². The summed E-state index contributed by atoms with van der Waals surface area (Å²) in [6.45, 7) is 2.47. The number of nitrogens with zero attached hydrogens (tertiary/aromatic N) is 1. The van der Waals surface area contributed by atoms with Crippen LogP contribution in [-0.4, -0.2) is 30.4 Å². The molecule has 4 nitrogen and oxygen atoms in total. The summed E-state index contributed by atoms with van der Waals surface area (Å²) in [7, 11) is 0. The topological polar surface area (TPSA) is 58.4 Å². The SMILES string of the molecule is Nc1cc(NC(=O)CN2CCCCC2)ccc1Cl. The van der Waals surface area contributed by atoms with Gasteiger partial charge in [0.15, 0.2) is 0 Å². The summed E-state index contributed by atoms with van der Waals surface area (Å²) in [6, 6.07) is 5.12. The molecule has 1 aliphatic heterocycles. The molecule has 0 aliphatic carbocycles. The van der Waals surface area contributed by atoms with Gasteiger partial charge in [-0.1, -0.05) is 18.0 Å². The molecule has 98 valence electrons. The average Bonchev–Trinajstić information content (AvgIpc) is 2.35. The number of nitrogen functional groups attached to an aromatic ring is 1. The molecule has 18 heavy (non-hydrogen) atoms. The van der Waals surface area contributed by atoms with Crippen LogP contribution in [0.15, 0.2) is 18.2 Å². The zero-order valence-corrected chi connectivity index (χ0v) is 11.0. The van der Waals surface area contributed by atoms with Gasteiger partial charge in [-0.3, -0.25) is 9.69 Å². The highest BCUT2D eigenvalue weighted by molar-refractivity contribution is 6.33. The maximum atomic E-state index is 11.9. The lowest BCUT2D eigenvalue weighted by molar-refractivity contribution is -0.117. The van der Waals surface area contributed by atoms with Gasteiger partial charge in [-0.2, -0.15) is 0 Å². The smallest absolute Gasteiger partial charge is 0.238 e. The normalized spacial score (nSPS) is 16.5. The average molecular weight is 268 g/mol. The fourth-order valence-corrected chi connectivity index (χ4v) is 2.26. The van der Waals surface area contributed by atoms with E-state index < -0.39 is 0 Å². The lowest BCUT2D eigenvalue weighted by Gasteiger charge is -2.25. The van der Waals surface area contributed by atoms with E-state index in [1.807, 2.05) is 0 Å². The second-order valence-electron chi connectivity index (χ2n) is 4.62. The number of hydrogen-bond acceptors (Lipinski definition) is 3. The molecular weight excluding hydrogens is 250 g/mol. The van der Waals surface area contributed by atoms with E-state index in [4.69, 9.17) is 17.3 Å². The van der Waals surface area contributed by atoms with Crippen molar-refractivity contribution in [2.75, 3.05) is 30.7 Å². The molecule has 0 atom stereocenters. The summed E-state index contributed by atoms with van der Waals surface area (Å²) in [5.74, 6) is -0.00128. The van der Waals surface area contributed by atoms with E-state index in [2.05, 4.69) is 10.2 Å². The van der Waals surface area contributed by atoms with Gasteiger partial charge in [-0.15, -0.1) is 0 Å². The van der Waals surface area contributed by atoms with Crippen molar-refractivity contribution < 1.29 is 4.79 Å². The second-order valence-corrected chi connectivity index (χ2v) is 5.03. The molecule has 1 aliphatic rings. The van der Waals surface area contributed by atoms with Crippen LogP contribution >= 0.6 is 11.6 Å². The Morgan fingerprint density at radius 2 is 2.06 bits per heavy atom. The maximum Gasteiger partial charge on any atom is 0.238 e. The first-order valence-electron chi connectivity index (χ1n) is 6.22. The zero-order valence-electron chi connectivity index (χ0n) is 10.3. The zero-order chi connectivity index (χ0) is 13.0. The largest absolute Gasteiger partial charge is 0.397 e. The summed E-state index contributed by atoms with van der Waals surface area (Å²) < 4.78 is 0. The first-order valence-corrected chi connectivity index (χ1v) is 6.60. The molecule has 1 aromatic rings. The van der Waals surface area contributed by atoms with Gasteiger partial charge in [0.05, 0.1) is 17.3 Å². The molecule has 0 spiro atoms. The van der Waals surface area contributed by atoms with E-state index in [-0.39, 0.29) is 5.91 Å². The minimum atomic E-state index is -0.00128. The molecule has 0 aromatic heterocycles. The fourth-order valence-electron chi connectivity index (χ4n) is 2.14. The van der Waals surface area contributed by atoms with Gasteiger partial charge in [0, 0.05) is 5.69 Å². The number of carbonyl (C=O) groups excluding carboxylic acids is 1. The summed E-state index contributed by atoms with van der Waals surface area (Å²) in [4.78, 5) is 14.0. The Hall–Kier alpha value is -1.26. The molecule has 0 radical (unpaired) electrons. The minimum Gasteiger partial charge on any atom is -0.397 e. The Bertz CT molecular complexity index is 430. The monoisotopic (exact) mass is 267 g/mol. The van der Waals surface area contributed by atoms with Gasteiger partial charge in [0.2, 0.25) is 5.91 Å². The summed E-state index contributed by atoms with van der Waals surface area (Å²) in [5.41, 5.74) is 6.86. The molecule has 1 fully saturated rings. The first kappa shape index (κ1) is 13.2. The Kier molecular flexibility index (Phi) is 4.44. The van der Waals surface area contributed by atoms with Crippen LogP contribution in [0.1, 0.15) is 19.3 Å². The van der Waals surface area contributed by atoms with Gasteiger partial charge in [-0.05, 0) is 44.1 Å². The van der Waals surface area contributed by atoms with Crippen LogP contribution in [0.2, 0.25) is 5.02 Å². The minimum absolute atomic E-state index is 0.00128. The number of nitrogens with one attached hydrogen (secondary N) is 1. The second kappa shape index (κ2) is 6.07. The van der Waals surface area contributed by atoms with Crippen LogP contribution in [0.4, 0.5) is 11.4 Å². The molecule has 0 bridgehead atoms. The van der Waals surface area contributed by atoms with Crippen LogP contribution in [0.25, 0.3) is 0 Å².